The van der Waals surface area contributed by atoms with Crippen LogP contribution in [0.4, 0.5) is 11.4 Å². The van der Waals surface area contributed by atoms with Gasteiger partial charge in [-0.1, -0.05) is 20.4 Å². The van der Waals surface area contributed by atoms with E-state index in [1.165, 1.54) is 6.08 Å². The van der Waals surface area contributed by atoms with E-state index in [1.54, 1.807) is 12.3 Å². The van der Waals surface area contributed by atoms with Crippen LogP contribution in [-0.2, 0) is 11.3 Å². The molecule has 1 aromatic heterocycles. The van der Waals surface area contributed by atoms with Gasteiger partial charge in [-0.3, -0.25) is 9.69 Å². The second-order valence-corrected chi connectivity index (χ2v) is 5.99. The molecule has 0 atom stereocenters. The maximum absolute atomic E-state index is 11.6. The van der Waals surface area contributed by atoms with E-state index in [4.69, 9.17) is 10.5 Å². The zero-order valence-corrected chi connectivity index (χ0v) is 15.6. The molecule has 2 aromatic rings. The van der Waals surface area contributed by atoms with Gasteiger partial charge in [0.2, 0.25) is 11.8 Å². The number of carbonyl (C=O) groups excluding carboxylic acids is 1. The van der Waals surface area contributed by atoms with E-state index in [0.717, 1.165) is 24.2 Å². The van der Waals surface area contributed by atoms with Crippen LogP contribution < -0.4 is 15.8 Å². The molecule has 6 nitrogen and oxygen atoms in total. The number of nitrogens with two attached hydrogens (primary N) is 1. The first-order chi connectivity index (χ1) is 12.5. The summed E-state index contributed by atoms with van der Waals surface area (Å²) in [5, 5.41) is 2.78. The predicted octanol–water partition coefficient (Wildman–Crippen LogP) is 3.73. The molecule has 3 N–H and O–H groups in total. The molecule has 0 unspecified atom stereocenters. The van der Waals surface area contributed by atoms with Crippen LogP contribution in [0, 0.1) is 6.92 Å². The van der Waals surface area contributed by atoms with Crippen LogP contribution in [0.15, 0.2) is 43.1 Å². The van der Waals surface area contributed by atoms with Gasteiger partial charge in [-0.05, 0) is 55.9 Å². The molecule has 6 heteroatoms. The number of amides is 1. The number of nitrogens with zero attached hydrogens (tertiary/aromatic N) is 2. The number of rotatable bonds is 8. The predicted molar refractivity (Wildman–Crippen MR) is 105 cm³/mol. The first-order valence-electron chi connectivity index (χ1n) is 8.65. The van der Waals surface area contributed by atoms with Gasteiger partial charge >= 0.3 is 0 Å². The van der Waals surface area contributed by atoms with Gasteiger partial charge in [0.25, 0.3) is 0 Å². The second kappa shape index (κ2) is 9.01. The number of nitrogens with one attached hydrogen (secondary N) is 1. The van der Waals surface area contributed by atoms with Gasteiger partial charge < -0.3 is 15.8 Å². The molecule has 0 spiro atoms. The van der Waals surface area contributed by atoms with Gasteiger partial charge in [0, 0.05) is 24.0 Å². The summed E-state index contributed by atoms with van der Waals surface area (Å²) < 4.78 is 5.98. The lowest BCUT2D eigenvalue weighted by atomic mass is 10.1. The fourth-order valence-electron chi connectivity index (χ4n) is 2.53. The lowest BCUT2D eigenvalue weighted by Crippen LogP contribution is -2.22. The zero-order chi connectivity index (χ0) is 19.1. The third-order valence-electron chi connectivity index (χ3n) is 4.02. The van der Waals surface area contributed by atoms with Crippen LogP contribution in [0.1, 0.15) is 25.0 Å². The van der Waals surface area contributed by atoms with E-state index in [1.807, 2.05) is 25.1 Å². The SMILES string of the molecule is C=CC(=O)Nc1ccc(Oc2ncc(C)cc2N)c(CN(CC)CC)c1. The number of nitrogen functional groups attached to an aromatic ring is 1. The Morgan fingerprint density at radius 2 is 2.08 bits per heavy atom. The van der Waals surface area contributed by atoms with Crippen LogP contribution in [-0.4, -0.2) is 28.9 Å². The first kappa shape index (κ1) is 19.5. The number of hydrogen-bond acceptors (Lipinski definition) is 5. The first-order valence-corrected chi connectivity index (χ1v) is 8.65. The van der Waals surface area contributed by atoms with Crippen molar-refractivity contribution in [1.29, 1.82) is 0 Å². The largest absolute Gasteiger partial charge is 0.437 e. The summed E-state index contributed by atoms with van der Waals surface area (Å²) in [6.07, 6.45) is 2.96. The van der Waals surface area contributed by atoms with Crippen molar-refractivity contribution in [2.45, 2.75) is 27.3 Å². The average molecular weight is 354 g/mol. The summed E-state index contributed by atoms with van der Waals surface area (Å²) in [5.41, 5.74) is 9.11. The molecule has 1 amide bonds. The molecule has 0 aliphatic heterocycles. The third-order valence-corrected chi connectivity index (χ3v) is 4.02. The molecular weight excluding hydrogens is 328 g/mol. The topological polar surface area (TPSA) is 80.5 Å². The highest BCUT2D eigenvalue weighted by molar-refractivity contribution is 5.98. The number of benzene rings is 1. The van der Waals surface area contributed by atoms with Crippen LogP contribution in [0.5, 0.6) is 11.6 Å². The van der Waals surface area contributed by atoms with E-state index in [-0.39, 0.29) is 5.91 Å². The summed E-state index contributed by atoms with van der Waals surface area (Å²) in [6, 6.07) is 7.33. The quantitative estimate of drug-likeness (QED) is 0.706. The number of carbonyl (C=O) groups is 1. The Morgan fingerprint density at radius 3 is 2.69 bits per heavy atom. The van der Waals surface area contributed by atoms with Crippen molar-refractivity contribution in [3.05, 3.63) is 54.2 Å². The van der Waals surface area contributed by atoms with Crippen LogP contribution in [0.25, 0.3) is 0 Å². The van der Waals surface area contributed by atoms with Crippen molar-refractivity contribution in [2.24, 2.45) is 0 Å². The van der Waals surface area contributed by atoms with Crippen LogP contribution in [0.2, 0.25) is 0 Å². The third kappa shape index (κ3) is 5.07. The smallest absolute Gasteiger partial charge is 0.247 e. The van der Waals surface area contributed by atoms with Gasteiger partial charge in [0.15, 0.2) is 0 Å². The van der Waals surface area contributed by atoms with Crippen molar-refractivity contribution in [1.82, 2.24) is 9.88 Å². The van der Waals surface area contributed by atoms with Gasteiger partial charge in [-0.25, -0.2) is 4.98 Å². The average Bonchev–Trinajstić information content (AvgIpc) is 2.63. The summed E-state index contributed by atoms with van der Waals surface area (Å²) in [7, 11) is 0. The van der Waals surface area contributed by atoms with E-state index < -0.39 is 0 Å². The Morgan fingerprint density at radius 1 is 1.35 bits per heavy atom. The molecule has 1 heterocycles. The number of aromatic nitrogens is 1. The lowest BCUT2D eigenvalue weighted by Gasteiger charge is -2.21. The summed E-state index contributed by atoms with van der Waals surface area (Å²) in [6.45, 7) is 12.1. The molecule has 0 radical (unpaired) electrons. The zero-order valence-electron chi connectivity index (χ0n) is 15.6. The fourth-order valence-corrected chi connectivity index (χ4v) is 2.53. The summed E-state index contributed by atoms with van der Waals surface area (Å²) >= 11 is 0. The molecule has 0 saturated carbocycles. The second-order valence-electron chi connectivity index (χ2n) is 5.99. The van der Waals surface area contributed by atoms with Crippen LogP contribution in [0.3, 0.4) is 0 Å². The van der Waals surface area contributed by atoms with E-state index in [2.05, 4.69) is 35.6 Å². The number of aryl methyl sites for hydroxylation is 1. The molecule has 138 valence electrons. The van der Waals surface area contributed by atoms with Crippen molar-refractivity contribution in [2.75, 3.05) is 24.1 Å². The maximum atomic E-state index is 11.6. The van der Waals surface area contributed by atoms with E-state index in [9.17, 15) is 4.79 Å². The minimum atomic E-state index is -0.253. The Bertz CT molecular complexity index is 785. The summed E-state index contributed by atoms with van der Waals surface area (Å²) in [4.78, 5) is 18.1. The monoisotopic (exact) mass is 354 g/mol. The maximum Gasteiger partial charge on any atom is 0.247 e. The molecule has 2 rings (SSSR count). The Hall–Kier alpha value is -2.86. The van der Waals surface area contributed by atoms with E-state index >= 15 is 0 Å². The van der Waals surface area contributed by atoms with Crippen LogP contribution >= 0.6 is 0 Å². The minimum Gasteiger partial charge on any atom is -0.437 e. The Kier molecular flexibility index (Phi) is 6.74. The minimum absolute atomic E-state index is 0.253. The van der Waals surface area contributed by atoms with Crippen molar-refractivity contribution in [3.63, 3.8) is 0 Å². The molecular formula is C20H26N4O2. The lowest BCUT2D eigenvalue weighted by molar-refractivity contribution is -0.111. The highest BCUT2D eigenvalue weighted by Gasteiger charge is 2.13. The molecule has 0 fully saturated rings. The number of pyridine rings is 1. The van der Waals surface area contributed by atoms with Crippen molar-refractivity contribution < 1.29 is 9.53 Å². The van der Waals surface area contributed by atoms with Crippen molar-refractivity contribution in [3.8, 4) is 11.6 Å². The van der Waals surface area contributed by atoms with Gasteiger partial charge in [-0.2, -0.15) is 0 Å². The molecule has 0 aliphatic carbocycles. The molecule has 0 aliphatic rings. The number of hydrogen-bond donors (Lipinski definition) is 2. The molecule has 0 bridgehead atoms. The Labute approximate surface area is 154 Å². The van der Waals surface area contributed by atoms with Gasteiger partial charge in [-0.15, -0.1) is 0 Å². The summed E-state index contributed by atoms with van der Waals surface area (Å²) in [5.74, 6) is 0.785. The molecule has 0 saturated heterocycles. The Balaban J connectivity index is 2.35. The number of ether oxygens (including phenoxy) is 1. The van der Waals surface area contributed by atoms with Gasteiger partial charge in [0.05, 0.1) is 5.69 Å². The highest BCUT2D eigenvalue weighted by atomic mass is 16.5. The molecule has 26 heavy (non-hydrogen) atoms. The molecule has 1 aromatic carbocycles. The van der Waals surface area contributed by atoms with Gasteiger partial charge in [0.1, 0.15) is 5.75 Å². The highest BCUT2D eigenvalue weighted by Crippen LogP contribution is 2.31. The van der Waals surface area contributed by atoms with E-state index in [0.29, 0.717) is 29.5 Å². The number of anilines is 2. The fraction of sp³-hybridized carbons (Fsp3) is 0.300. The normalized spacial score (nSPS) is 10.6. The van der Waals surface area contributed by atoms with Crippen molar-refractivity contribution >= 4 is 17.3 Å². The standard InChI is InChI=1S/C20H26N4O2/c1-5-19(25)23-16-8-9-18(15(11-16)13-24(6-2)7-3)26-20-17(21)10-14(4)12-22-20/h5,8-12H,1,6-7,13,21H2,2-4H3,(H,23,25).